The Balaban J connectivity index is 2.37. The van der Waals surface area contributed by atoms with Crippen LogP contribution < -0.4 is 5.73 Å². The molecule has 1 saturated carbocycles. The number of thiophene rings is 1. The number of hydrogen-bond donors (Lipinski definition) is 1. The van der Waals surface area contributed by atoms with Gasteiger partial charge in [-0.15, -0.1) is 11.3 Å². The van der Waals surface area contributed by atoms with E-state index in [4.69, 9.17) is 5.73 Å². The Kier molecular flexibility index (Phi) is 4.51. The number of alkyl halides is 3. The highest BCUT2D eigenvalue weighted by atomic mass is 79.9. The van der Waals surface area contributed by atoms with Gasteiger partial charge in [0, 0.05) is 17.5 Å². The fraction of sp³-hybridized carbons (Fsp3) is 0.600. The molecule has 0 aromatic carbocycles. The van der Waals surface area contributed by atoms with Gasteiger partial charge >= 0.3 is 6.18 Å². The predicted octanol–water partition coefficient (Wildman–Crippen LogP) is 2.68. The van der Waals surface area contributed by atoms with Gasteiger partial charge in [0.2, 0.25) is 10.0 Å². The van der Waals surface area contributed by atoms with Crippen LogP contribution >= 0.6 is 27.3 Å². The maximum absolute atomic E-state index is 12.6. The van der Waals surface area contributed by atoms with Gasteiger partial charge in [-0.1, -0.05) is 0 Å². The zero-order valence-corrected chi connectivity index (χ0v) is 13.4. The van der Waals surface area contributed by atoms with E-state index in [2.05, 4.69) is 15.9 Å². The van der Waals surface area contributed by atoms with Crippen LogP contribution in [0.15, 0.2) is 14.7 Å². The van der Waals surface area contributed by atoms with Crippen LogP contribution in [0.2, 0.25) is 0 Å². The molecule has 2 rings (SSSR count). The topological polar surface area (TPSA) is 63.4 Å². The first-order valence-electron chi connectivity index (χ1n) is 5.72. The van der Waals surface area contributed by atoms with E-state index >= 15 is 0 Å². The van der Waals surface area contributed by atoms with Crippen molar-refractivity contribution in [3.8, 4) is 0 Å². The minimum Gasteiger partial charge on any atom is -0.326 e. The zero-order chi connectivity index (χ0) is 15.1. The Morgan fingerprint density at radius 2 is 2.05 bits per heavy atom. The molecule has 1 aliphatic carbocycles. The lowest BCUT2D eigenvalue weighted by Crippen LogP contribution is -2.40. The minimum absolute atomic E-state index is 0.140. The molecule has 0 aliphatic heterocycles. The molecule has 0 radical (unpaired) electrons. The van der Waals surface area contributed by atoms with Crippen LogP contribution in [0.1, 0.15) is 17.7 Å². The second-order valence-electron chi connectivity index (χ2n) is 4.45. The van der Waals surface area contributed by atoms with Crippen LogP contribution in [-0.4, -0.2) is 31.5 Å². The molecule has 0 spiro atoms. The third-order valence-electron chi connectivity index (χ3n) is 2.78. The summed E-state index contributed by atoms with van der Waals surface area (Å²) < 4.78 is 63.4. The average Bonchev–Trinajstić information content (AvgIpc) is 3.07. The fourth-order valence-corrected chi connectivity index (χ4v) is 5.93. The number of halogens is 4. The highest BCUT2D eigenvalue weighted by Crippen LogP contribution is 2.39. The van der Waals surface area contributed by atoms with Crippen molar-refractivity contribution in [1.82, 2.24) is 4.31 Å². The summed E-state index contributed by atoms with van der Waals surface area (Å²) in [5, 5.41) is 0. The molecular weight excluding hydrogens is 381 g/mol. The second kappa shape index (κ2) is 5.56. The van der Waals surface area contributed by atoms with Gasteiger partial charge in [0.25, 0.3) is 0 Å². The average molecular weight is 393 g/mol. The maximum Gasteiger partial charge on any atom is 0.402 e. The molecule has 10 heteroatoms. The molecule has 2 N–H and O–H groups in total. The van der Waals surface area contributed by atoms with E-state index in [0.29, 0.717) is 22.0 Å². The normalized spacial score (nSPS) is 16.9. The van der Waals surface area contributed by atoms with Crippen LogP contribution in [0.4, 0.5) is 13.2 Å². The molecule has 20 heavy (non-hydrogen) atoms. The summed E-state index contributed by atoms with van der Waals surface area (Å²) in [5.41, 5.74) is 5.43. The van der Waals surface area contributed by atoms with Gasteiger partial charge in [0.1, 0.15) is 11.4 Å². The van der Waals surface area contributed by atoms with Crippen molar-refractivity contribution in [2.24, 2.45) is 5.73 Å². The Bertz CT molecular complexity index is 596. The molecule has 1 aliphatic rings. The van der Waals surface area contributed by atoms with E-state index in [1.54, 1.807) is 0 Å². The van der Waals surface area contributed by atoms with Gasteiger partial charge in [-0.05, 0) is 34.8 Å². The van der Waals surface area contributed by atoms with Gasteiger partial charge in [-0.2, -0.15) is 17.5 Å². The zero-order valence-electron chi connectivity index (χ0n) is 10.2. The van der Waals surface area contributed by atoms with Gasteiger partial charge in [0.05, 0.1) is 3.79 Å². The molecule has 0 unspecified atom stereocenters. The van der Waals surface area contributed by atoms with Gasteiger partial charge < -0.3 is 5.73 Å². The third-order valence-corrected chi connectivity index (χ3v) is 6.96. The molecule has 1 aromatic heterocycles. The van der Waals surface area contributed by atoms with Gasteiger partial charge in [-0.25, -0.2) is 8.42 Å². The molecular formula is C10H12BrF3N2O2S2. The maximum atomic E-state index is 12.6. The standard InChI is InChI=1S/C10H12BrF3N2O2S2/c11-9-8(3-7(4-15)19-9)20(17,18)16(6-1-2-6)5-10(12,13)14/h3,6H,1-2,4-5,15H2. The van der Waals surface area contributed by atoms with Crippen molar-refractivity contribution < 1.29 is 21.6 Å². The lowest BCUT2D eigenvalue weighted by Gasteiger charge is -2.22. The van der Waals surface area contributed by atoms with Crippen LogP contribution in [-0.2, 0) is 16.6 Å². The van der Waals surface area contributed by atoms with Crippen molar-refractivity contribution >= 4 is 37.3 Å². The minimum atomic E-state index is -4.56. The Hall–Kier alpha value is -0.160. The molecule has 1 fully saturated rings. The van der Waals surface area contributed by atoms with Gasteiger partial charge in [-0.3, -0.25) is 0 Å². The van der Waals surface area contributed by atoms with Gasteiger partial charge in [0.15, 0.2) is 0 Å². The molecule has 0 bridgehead atoms. The number of nitrogens with zero attached hydrogens (tertiary/aromatic N) is 1. The Labute approximate surface area is 126 Å². The van der Waals surface area contributed by atoms with Crippen molar-refractivity contribution in [2.75, 3.05) is 6.54 Å². The molecule has 1 aromatic rings. The fourth-order valence-electron chi connectivity index (χ4n) is 1.75. The summed E-state index contributed by atoms with van der Waals surface area (Å²) in [6, 6.07) is 0.769. The lowest BCUT2D eigenvalue weighted by atomic mass is 10.5. The summed E-state index contributed by atoms with van der Waals surface area (Å²) in [7, 11) is -4.17. The summed E-state index contributed by atoms with van der Waals surface area (Å²) in [6.07, 6.45) is -3.64. The molecule has 0 amide bonds. The van der Waals surface area contributed by atoms with E-state index in [1.165, 1.54) is 6.07 Å². The summed E-state index contributed by atoms with van der Waals surface area (Å²) in [5.74, 6) is 0. The molecule has 4 nitrogen and oxygen atoms in total. The van der Waals surface area contributed by atoms with E-state index in [-0.39, 0.29) is 15.2 Å². The van der Waals surface area contributed by atoms with Crippen molar-refractivity contribution in [1.29, 1.82) is 0 Å². The summed E-state index contributed by atoms with van der Waals surface area (Å²) in [4.78, 5) is 0.456. The highest BCUT2D eigenvalue weighted by Gasteiger charge is 2.45. The van der Waals surface area contributed by atoms with Crippen LogP contribution in [0.25, 0.3) is 0 Å². The highest BCUT2D eigenvalue weighted by molar-refractivity contribution is 9.11. The van der Waals surface area contributed by atoms with Crippen LogP contribution in [0, 0.1) is 0 Å². The number of rotatable bonds is 5. The monoisotopic (exact) mass is 392 g/mol. The quantitative estimate of drug-likeness (QED) is 0.837. The first-order valence-corrected chi connectivity index (χ1v) is 8.77. The van der Waals surface area contributed by atoms with E-state index in [0.717, 1.165) is 11.3 Å². The molecule has 114 valence electrons. The summed E-state index contributed by atoms with van der Waals surface area (Å²) in [6.45, 7) is -1.32. The summed E-state index contributed by atoms with van der Waals surface area (Å²) >= 11 is 4.20. The largest absolute Gasteiger partial charge is 0.402 e. The number of nitrogens with two attached hydrogens (primary N) is 1. The number of sulfonamides is 1. The lowest BCUT2D eigenvalue weighted by molar-refractivity contribution is -0.137. The second-order valence-corrected chi connectivity index (χ2v) is 8.77. The van der Waals surface area contributed by atoms with E-state index in [1.807, 2.05) is 0 Å². The number of hydrogen-bond acceptors (Lipinski definition) is 4. The van der Waals surface area contributed by atoms with Crippen molar-refractivity contribution in [3.05, 3.63) is 14.7 Å². The third kappa shape index (κ3) is 3.53. The van der Waals surface area contributed by atoms with Crippen molar-refractivity contribution in [3.63, 3.8) is 0 Å². The molecule has 1 heterocycles. The van der Waals surface area contributed by atoms with E-state index in [9.17, 15) is 21.6 Å². The Morgan fingerprint density at radius 1 is 1.45 bits per heavy atom. The van der Waals surface area contributed by atoms with E-state index < -0.39 is 28.8 Å². The Morgan fingerprint density at radius 3 is 2.45 bits per heavy atom. The first kappa shape index (κ1) is 16.2. The molecule has 0 saturated heterocycles. The van der Waals surface area contributed by atoms with Crippen LogP contribution in [0.3, 0.4) is 0 Å². The molecule has 0 atom stereocenters. The predicted molar refractivity (Wildman–Crippen MR) is 72.9 cm³/mol. The van der Waals surface area contributed by atoms with Crippen LogP contribution in [0.5, 0.6) is 0 Å². The smallest absolute Gasteiger partial charge is 0.326 e. The first-order chi connectivity index (χ1) is 9.15. The SMILES string of the molecule is NCc1cc(S(=O)(=O)N(CC(F)(F)F)C2CC2)c(Br)s1. The van der Waals surface area contributed by atoms with Crippen molar-refractivity contribution in [2.45, 2.75) is 36.5 Å².